The van der Waals surface area contributed by atoms with Gasteiger partial charge in [-0.05, 0) is 55.3 Å². The predicted octanol–water partition coefficient (Wildman–Crippen LogP) is 4.36. The molecule has 32 heavy (non-hydrogen) atoms. The second kappa shape index (κ2) is 9.85. The van der Waals surface area contributed by atoms with Crippen LogP contribution in [0.3, 0.4) is 0 Å². The molecule has 0 saturated heterocycles. The van der Waals surface area contributed by atoms with Gasteiger partial charge >= 0.3 is 0 Å². The number of ether oxygens (including phenoxy) is 1. The number of aryl methyl sites for hydroxylation is 1. The summed E-state index contributed by atoms with van der Waals surface area (Å²) >= 11 is 7.29. The molecule has 0 spiro atoms. The number of nitrogens with one attached hydrogen (secondary N) is 1. The first-order chi connectivity index (χ1) is 15.1. The van der Waals surface area contributed by atoms with Gasteiger partial charge in [-0.15, -0.1) is 10.2 Å². The van der Waals surface area contributed by atoms with Gasteiger partial charge in [0.25, 0.3) is 0 Å². The maximum atomic E-state index is 13.1. The van der Waals surface area contributed by atoms with Crippen LogP contribution in [0.2, 0.25) is 5.02 Å². The second-order valence-electron chi connectivity index (χ2n) is 7.04. The smallest absolute Gasteiger partial charge is 0.250 e. The van der Waals surface area contributed by atoms with E-state index in [4.69, 9.17) is 16.3 Å². The molecule has 11 heteroatoms. The van der Waals surface area contributed by atoms with Gasteiger partial charge in [0, 0.05) is 10.6 Å². The van der Waals surface area contributed by atoms with Crippen LogP contribution in [0.5, 0.6) is 5.75 Å². The van der Waals surface area contributed by atoms with E-state index in [0.29, 0.717) is 21.3 Å². The average molecular weight is 495 g/mol. The summed E-state index contributed by atoms with van der Waals surface area (Å²) < 4.78 is 31.6. The van der Waals surface area contributed by atoms with E-state index in [0.717, 1.165) is 21.9 Å². The first kappa shape index (κ1) is 24.0. The number of methoxy groups -OCH3 is 1. The molecular formula is C21H23ClN4O4S2. The fraction of sp³-hybridized carbons (Fsp3) is 0.286. The Balaban J connectivity index is 1.87. The molecule has 1 heterocycles. The molecule has 2 aromatic carbocycles. The van der Waals surface area contributed by atoms with Gasteiger partial charge in [-0.3, -0.25) is 14.4 Å². The number of benzene rings is 2. The lowest BCUT2D eigenvalue weighted by molar-refractivity contribution is -0.117. The average Bonchev–Trinajstić information content (AvgIpc) is 3.21. The Morgan fingerprint density at radius 2 is 1.91 bits per heavy atom. The topological polar surface area (TPSA) is 101 Å². The molecule has 3 aromatic rings. The summed E-state index contributed by atoms with van der Waals surface area (Å²) in [5.41, 5.74) is 1.87. The summed E-state index contributed by atoms with van der Waals surface area (Å²) in [6, 6.07) is 11.2. The van der Waals surface area contributed by atoms with Crippen molar-refractivity contribution in [1.82, 2.24) is 10.2 Å². The van der Waals surface area contributed by atoms with Crippen LogP contribution in [0.25, 0.3) is 10.6 Å². The molecule has 0 fully saturated rings. The fourth-order valence-electron chi connectivity index (χ4n) is 3.17. The van der Waals surface area contributed by atoms with E-state index in [1.54, 1.807) is 51.3 Å². The van der Waals surface area contributed by atoms with Crippen LogP contribution in [-0.4, -0.2) is 43.9 Å². The molecule has 0 bridgehead atoms. The van der Waals surface area contributed by atoms with Crippen molar-refractivity contribution in [3.63, 3.8) is 0 Å². The molecule has 1 amide bonds. The second-order valence-corrected chi connectivity index (χ2v) is 10.3. The minimum absolute atomic E-state index is 0.245. The molecule has 0 radical (unpaired) electrons. The summed E-state index contributed by atoms with van der Waals surface area (Å²) in [7, 11) is -2.20. The van der Waals surface area contributed by atoms with Crippen molar-refractivity contribution in [1.29, 1.82) is 0 Å². The molecule has 0 unspecified atom stereocenters. The number of sulfonamides is 1. The fourth-order valence-corrected chi connectivity index (χ4v) is 5.35. The summed E-state index contributed by atoms with van der Waals surface area (Å²) in [4.78, 5) is 13.1. The summed E-state index contributed by atoms with van der Waals surface area (Å²) in [6.07, 6.45) is 1.31. The number of rotatable bonds is 8. The van der Waals surface area contributed by atoms with E-state index in [-0.39, 0.29) is 11.6 Å². The standard InChI is InChI=1S/C21H23ClN4O4S2/c1-5-17(26(32(4,28)29)18-12-15(22)9-6-13(18)2)19(27)23-21-25-24-20(31-21)14-7-10-16(30-3)11-8-14/h6-12,17H,5H2,1-4H3,(H,23,25,27)/t17-/m1/s1. The van der Waals surface area contributed by atoms with Crippen LogP contribution in [0.4, 0.5) is 10.8 Å². The highest BCUT2D eigenvalue weighted by Crippen LogP contribution is 2.31. The Labute approximate surface area is 196 Å². The Morgan fingerprint density at radius 1 is 1.22 bits per heavy atom. The van der Waals surface area contributed by atoms with Crippen LogP contribution in [0.1, 0.15) is 18.9 Å². The normalized spacial score (nSPS) is 12.3. The number of carbonyl (C=O) groups is 1. The van der Waals surface area contributed by atoms with E-state index in [9.17, 15) is 13.2 Å². The lowest BCUT2D eigenvalue weighted by atomic mass is 10.1. The van der Waals surface area contributed by atoms with Crippen LogP contribution in [0.15, 0.2) is 42.5 Å². The molecule has 170 valence electrons. The molecule has 0 aliphatic heterocycles. The number of nitrogens with zero attached hydrogens (tertiary/aromatic N) is 3. The van der Waals surface area contributed by atoms with E-state index >= 15 is 0 Å². The number of halogens is 1. The van der Waals surface area contributed by atoms with Crippen molar-refractivity contribution in [2.45, 2.75) is 26.3 Å². The van der Waals surface area contributed by atoms with Crippen molar-refractivity contribution < 1.29 is 17.9 Å². The number of anilines is 2. The maximum Gasteiger partial charge on any atom is 0.250 e. The first-order valence-electron chi connectivity index (χ1n) is 9.68. The van der Waals surface area contributed by atoms with Crippen LogP contribution < -0.4 is 14.4 Å². The highest BCUT2D eigenvalue weighted by atomic mass is 35.5. The third-order valence-corrected chi connectivity index (χ3v) is 7.02. The van der Waals surface area contributed by atoms with Crippen molar-refractivity contribution in [2.24, 2.45) is 0 Å². The zero-order chi connectivity index (χ0) is 23.5. The number of hydrogen-bond donors (Lipinski definition) is 1. The largest absolute Gasteiger partial charge is 0.497 e. The van der Waals surface area contributed by atoms with Crippen molar-refractivity contribution in [2.75, 3.05) is 23.0 Å². The molecular weight excluding hydrogens is 472 g/mol. The zero-order valence-corrected chi connectivity index (χ0v) is 20.4. The molecule has 1 atom stereocenters. The third-order valence-electron chi connectivity index (χ3n) is 4.73. The molecule has 8 nitrogen and oxygen atoms in total. The van der Waals surface area contributed by atoms with Gasteiger partial charge in [-0.1, -0.05) is 35.9 Å². The van der Waals surface area contributed by atoms with Gasteiger partial charge in [0.05, 0.1) is 19.1 Å². The highest BCUT2D eigenvalue weighted by molar-refractivity contribution is 7.92. The van der Waals surface area contributed by atoms with Gasteiger partial charge in [0.1, 0.15) is 16.8 Å². The third kappa shape index (κ3) is 5.37. The maximum absolute atomic E-state index is 13.1. The van der Waals surface area contributed by atoms with Crippen molar-refractivity contribution in [3.05, 3.63) is 53.1 Å². The minimum Gasteiger partial charge on any atom is -0.497 e. The Bertz CT molecular complexity index is 1210. The SMILES string of the molecule is CC[C@H](C(=O)Nc1nnc(-c2ccc(OC)cc2)s1)N(c1cc(Cl)ccc1C)S(C)(=O)=O. The highest BCUT2D eigenvalue weighted by Gasteiger charge is 2.33. The van der Waals surface area contributed by atoms with Crippen LogP contribution in [0, 0.1) is 6.92 Å². The van der Waals surface area contributed by atoms with Crippen molar-refractivity contribution in [3.8, 4) is 16.3 Å². The Morgan fingerprint density at radius 3 is 2.50 bits per heavy atom. The lowest BCUT2D eigenvalue weighted by Crippen LogP contribution is -2.47. The van der Waals surface area contributed by atoms with Gasteiger partial charge in [-0.2, -0.15) is 0 Å². The van der Waals surface area contributed by atoms with Crippen LogP contribution >= 0.6 is 22.9 Å². The van der Waals surface area contributed by atoms with E-state index in [1.807, 2.05) is 12.1 Å². The molecule has 1 N–H and O–H groups in total. The lowest BCUT2D eigenvalue weighted by Gasteiger charge is -2.31. The summed E-state index contributed by atoms with van der Waals surface area (Å²) in [6.45, 7) is 3.51. The van der Waals surface area contributed by atoms with Gasteiger partial charge in [0.2, 0.25) is 21.1 Å². The van der Waals surface area contributed by atoms with Gasteiger partial charge in [0.15, 0.2) is 0 Å². The molecule has 1 aromatic heterocycles. The predicted molar refractivity (Wildman–Crippen MR) is 128 cm³/mol. The molecule has 3 rings (SSSR count). The summed E-state index contributed by atoms with van der Waals surface area (Å²) in [5.74, 6) is 0.212. The van der Waals surface area contributed by atoms with E-state index < -0.39 is 22.0 Å². The minimum atomic E-state index is -3.78. The Hall–Kier alpha value is -2.69. The van der Waals surface area contributed by atoms with E-state index in [1.165, 1.54) is 11.3 Å². The quantitative estimate of drug-likeness (QED) is 0.499. The molecule has 0 aliphatic carbocycles. The zero-order valence-electron chi connectivity index (χ0n) is 18.0. The number of amides is 1. The Kier molecular flexibility index (Phi) is 7.37. The van der Waals surface area contributed by atoms with Gasteiger partial charge < -0.3 is 4.74 Å². The number of aromatic nitrogens is 2. The number of hydrogen-bond acceptors (Lipinski definition) is 7. The van der Waals surface area contributed by atoms with Gasteiger partial charge in [-0.25, -0.2) is 8.42 Å². The summed E-state index contributed by atoms with van der Waals surface area (Å²) in [5, 5.41) is 12.1. The van der Waals surface area contributed by atoms with Crippen LogP contribution in [-0.2, 0) is 14.8 Å². The monoisotopic (exact) mass is 494 g/mol. The molecule has 0 aliphatic rings. The van der Waals surface area contributed by atoms with E-state index in [2.05, 4.69) is 15.5 Å². The molecule has 0 saturated carbocycles. The number of carbonyl (C=O) groups excluding carboxylic acids is 1. The first-order valence-corrected chi connectivity index (χ1v) is 12.7. The van der Waals surface area contributed by atoms with Crippen molar-refractivity contribution >= 4 is 49.7 Å².